The number of aryl methyl sites for hydroxylation is 1. The molecule has 3 aromatic rings. The van der Waals surface area contributed by atoms with Crippen molar-refractivity contribution >= 4 is 29.0 Å². The van der Waals surface area contributed by atoms with Crippen LogP contribution in [0.2, 0.25) is 0 Å². The average molecular weight is 427 g/mol. The lowest BCUT2D eigenvalue weighted by molar-refractivity contribution is -0.384. The quantitative estimate of drug-likeness (QED) is 0.333. The van der Waals surface area contributed by atoms with Crippen molar-refractivity contribution in [3.63, 3.8) is 0 Å². The zero-order valence-electron chi connectivity index (χ0n) is 16.8. The zero-order chi connectivity index (χ0) is 21.7. The number of carbonyl (C=O) groups excluding carboxylic acids is 1. The molecule has 0 atom stereocenters. The molecule has 0 bridgehead atoms. The highest BCUT2D eigenvalue weighted by Crippen LogP contribution is 2.23. The van der Waals surface area contributed by atoms with Crippen LogP contribution in [-0.2, 0) is 18.3 Å². The highest BCUT2D eigenvalue weighted by atomic mass is 32.2. The van der Waals surface area contributed by atoms with Gasteiger partial charge in [0.1, 0.15) is 11.6 Å². The maximum absolute atomic E-state index is 12.3. The van der Waals surface area contributed by atoms with Gasteiger partial charge in [-0.2, -0.15) is 0 Å². The molecule has 0 saturated carbocycles. The number of thioether (sulfide) groups is 1. The smallest absolute Gasteiger partial charge is 0.269 e. The zero-order valence-corrected chi connectivity index (χ0v) is 17.6. The minimum atomic E-state index is -0.466. The number of amides is 1. The number of aromatic nitrogens is 3. The number of nitro groups is 1. The molecule has 0 aliphatic carbocycles. The van der Waals surface area contributed by atoms with E-state index in [0.717, 1.165) is 17.1 Å². The van der Waals surface area contributed by atoms with Gasteiger partial charge in [0.2, 0.25) is 5.91 Å². The second-order valence-electron chi connectivity index (χ2n) is 6.58. The van der Waals surface area contributed by atoms with Crippen LogP contribution >= 0.6 is 11.8 Å². The summed E-state index contributed by atoms with van der Waals surface area (Å²) in [5.41, 5.74) is 2.24. The Morgan fingerprint density at radius 1 is 1.23 bits per heavy atom. The van der Waals surface area contributed by atoms with Crippen molar-refractivity contribution in [3.8, 4) is 5.75 Å². The summed E-state index contributed by atoms with van der Waals surface area (Å²) < 4.78 is 7.02. The van der Waals surface area contributed by atoms with E-state index in [-0.39, 0.29) is 17.3 Å². The summed E-state index contributed by atoms with van der Waals surface area (Å²) in [6.07, 6.45) is 0.613. The maximum Gasteiger partial charge on any atom is 0.269 e. The molecule has 156 valence electrons. The van der Waals surface area contributed by atoms with E-state index < -0.39 is 4.92 Å². The van der Waals surface area contributed by atoms with Crippen molar-refractivity contribution in [2.24, 2.45) is 7.05 Å². The van der Waals surface area contributed by atoms with Gasteiger partial charge in [0.05, 0.1) is 17.8 Å². The Balaban J connectivity index is 1.58. The van der Waals surface area contributed by atoms with Crippen LogP contribution < -0.4 is 10.1 Å². The van der Waals surface area contributed by atoms with E-state index in [0.29, 0.717) is 22.8 Å². The number of methoxy groups -OCH3 is 1. The van der Waals surface area contributed by atoms with Crippen molar-refractivity contribution in [1.29, 1.82) is 0 Å². The van der Waals surface area contributed by atoms with Gasteiger partial charge in [0, 0.05) is 31.3 Å². The molecule has 0 unspecified atom stereocenters. The molecule has 0 spiro atoms. The lowest BCUT2D eigenvalue weighted by Gasteiger charge is -2.08. The predicted octanol–water partition coefficient (Wildman–Crippen LogP) is 3.36. The molecule has 3 rings (SSSR count). The molecule has 0 aliphatic heterocycles. The second kappa shape index (κ2) is 9.40. The Kier molecular flexibility index (Phi) is 6.68. The molecule has 0 aliphatic rings. The summed E-state index contributed by atoms with van der Waals surface area (Å²) in [7, 11) is 3.49. The van der Waals surface area contributed by atoms with E-state index >= 15 is 0 Å². The number of anilines is 1. The van der Waals surface area contributed by atoms with Gasteiger partial charge in [-0.15, -0.1) is 10.2 Å². The van der Waals surface area contributed by atoms with Crippen LogP contribution in [0.15, 0.2) is 47.6 Å². The summed E-state index contributed by atoms with van der Waals surface area (Å²) >= 11 is 1.27. The maximum atomic E-state index is 12.3. The standard InChI is InChI=1S/C20H21N5O4S/c1-13-10-15(25(27)28)6-9-17(13)21-19(26)12-30-20-23-22-18(24(20)2)11-14-4-7-16(29-3)8-5-14/h4-10H,11-12H2,1-3H3,(H,21,26). The number of nitrogens with one attached hydrogen (secondary N) is 1. The molecular formula is C20H21N5O4S. The summed E-state index contributed by atoms with van der Waals surface area (Å²) in [5, 5.41) is 22.6. The number of nitro benzene ring substituents is 1. The van der Waals surface area contributed by atoms with Gasteiger partial charge in [-0.1, -0.05) is 23.9 Å². The van der Waals surface area contributed by atoms with Gasteiger partial charge in [-0.25, -0.2) is 0 Å². The fourth-order valence-corrected chi connectivity index (χ4v) is 3.50. The first-order chi connectivity index (χ1) is 14.4. The molecule has 1 amide bonds. The Labute approximate surface area is 177 Å². The van der Waals surface area contributed by atoms with Gasteiger partial charge in [-0.3, -0.25) is 14.9 Å². The fourth-order valence-electron chi connectivity index (χ4n) is 2.77. The van der Waals surface area contributed by atoms with E-state index in [1.54, 1.807) is 14.0 Å². The van der Waals surface area contributed by atoms with Crippen LogP contribution in [0, 0.1) is 17.0 Å². The summed E-state index contributed by atoms with van der Waals surface area (Å²) in [6.45, 7) is 1.71. The molecule has 10 heteroatoms. The average Bonchev–Trinajstić information content (AvgIpc) is 3.07. The van der Waals surface area contributed by atoms with Gasteiger partial charge in [-0.05, 0) is 36.2 Å². The first-order valence-corrected chi connectivity index (χ1v) is 10.0. The Morgan fingerprint density at radius 2 is 1.97 bits per heavy atom. The number of non-ortho nitro benzene ring substituents is 1. The molecule has 0 fully saturated rings. The third kappa shape index (κ3) is 5.15. The topological polar surface area (TPSA) is 112 Å². The number of rotatable bonds is 8. The normalized spacial score (nSPS) is 10.6. The third-order valence-corrected chi connectivity index (χ3v) is 5.49. The highest BCUT2D eigenvalue weighted by Gasteiger charge is 2.14. The Morgan fingerprint density at radius 3 is 2.60 bits per heavy atom. The van der Waals surface area contributed by atoms with Crippen LogP contribution in [0.25, 0.3) is 0 Å². The monoisotopic (exact) mass is 427 g/mol. The first kappa shape index (κ1) is 21.3. The summed E-state index contributed by atoms with van der Waals surface area (Å²) in [6, 6.07) is 12.1. The van der Waals surface area contributed by atoms with Crippen molar-refractivity contribution in [2.45, 2.75) is 18.5 Å². The van der Waals surface area contributed by atoms with Crippen LogP contribution in [-0.4, -0.2) is 38.5 Å². The number of carbonyl (C=O) groups is 1. The molecular weight excluding hydrogens is 406 g/mol. The second-order valence-corrected chi connectivity index (χ2v) is 7.52. The first-order valence-electron chi connectivity index (χ1n) is 9.06. The molecule has 1 heterocycles. The molecule has 0 radical (unpaired) electrons. The predicted molar refractivity (Wildman–Crippen MR) is 114 cm³/mol. The minimum absolute atomic E-state index is 0.0108. The number of benzene rings is 2. The molecule has 9 nitrogen and oxygen atoms in total. The molecule has 2 aromatic carbocycles. The third-order valence-electron chi connectivity index (χ3n) is 4.47. The fraction of sp³-hybridized carbons (Fsp3) is 0.250. The largest absolute Gasteiger partial charge is 0.497 e. The van der Waals surface area contributed by atoms with Crippen molar-refractivity contribution in [1.82, 2.24) is 14.8 Å². The Bertz CT molecular complexity index is 1070. The van der Waals surface area contributed by atoms with Crippen LogP contribution in [0.5, 0.6) is 5.75 Å². The SMILES string of the molecule is COc1ccc(Cc2nnc(SCC(=O)Nc3ccc([N+](=O)[O-])cc3C)n2C)cc1. The lowest BCUT2D eigenvalue weighted by Crippen LogP contribution is -2.15. The van der Waals surface area contributed by atoms with Gasteiger partial charge < -0.3 is 14.6 Å². The van der Waals surface area contributed by atoms with Gasteiger partial charge >= 0.3 is 0 Å². The summed E-state index contributed by atoms with van der Waals surface area (Å²) in [5.74, 6) is 1.50. The lowest BCUT2D eigenvalue weighted by atomic mass is 10.1. The molecule has 1 aromatic heterocycles. The van der Waals surface area contributed by atoms with E-state index in [9.17, 15) is 14.9 Å². The molecule has 0 saturated heterocycles. The summed E-state index contributed by atoms with van der Waals surface area (Å²) in [4.78, 5) is 22.6. The van der Waals surface area contributed by atoms with Crippen molar-refractivity contribution in [2.75, 3.05) is 18.2 Å². The van der Waals surface area contributed by atoms with E-state index in [4.69, 9.17) is 4.74 Å². The van der Waals surface area contributed by atoms with E-state index in [1.165, 1.54) is 30.0 Å². The van der Waals surface area contributed by atoms with Gasteiger partial charge in [0.25, 0.3) is 5.69 Å². The number of nitrogens with zero attached hydrogens (tertiary/aromatic N) is 4. The van der Waals surface area contributed by atoms with Crippen molar-refractivity contribution < 1.29 is 14.5 Å². The van der Waals surface area contributed by atoms with Crippen LogP contribution in [0.3, 0.4) is 0 Å². The number of ether oxygens (including phenoxy) is 1. The Hall–Kier alpha value is -3.40. The van der Waals surface area contributed by atoms with Crippen LogP contribution in [0.1, 0.15) is 17.0 Å². The number of hydrogen-bond acceptors (Lipinski definition) is 7. The van der Waals surface area contributed by atoms with Crippen molar-refractivity contribution in [3.05, 3.63) is 69.5 Å². The van der Waals surface area contributed by atoms with E-state index in [2.05, 4.69) is 15.5 Å². The van der Waals surface area contributed by atoms with Crippen LogP contribution in [0.4, 0.5) is 11.4 Å². The minimum Gasteiger partial charge on any atom is -0.497 e. The molecule has 30 heavy (non-hydrogen) atoms. The number of hydrogen-bond donors (Lipinski definition) is 1. The highest BCUT2D eigenvalue weighted by molar-refractivity contribution is 7.99. The van der Waals surface area contributed by atoms with Gasteiger partial charge in [0.15, 0.2) is 5.16 Å². The molecule has 1 N–H and O–H groups in total. The van der Waals surface area contributed by atoms with E-state index in [1.807, 2.05) is 35.9 Å².